The summed E-state index contributed by atoms with van der Waals surface area (Å²) in [5.41, 5.74) is 7.60. The smallest absolute Gasteiger partial charge is 0.409 e. The number of anilines is 1. The van der Waals surface area contributed by atoms with Crippen LogP contribution in [0.5, 0.6) is 5.75 Å². The number of ether oxygens (including phenoxy) is 3. The van der Waals surface area contributed by atoms with Gasteiger partial charge < -0.3 is 43.2 Å². The summed E-state index contributed by atoms with van der Waals surface area (Å²) in [6.07, 6.45) is 4.30. The van der Waals surface area contributed by atoms with E-state index in [4.69, 9.17) is 24.2 Å². The Kier molecular flexibility index (Phi) is 13.4. The molecule has 3 aliphatic heterocycles. The second kappa shape index (κ2) is 19.9. The molecule has 17 heteroatoms. The van der Waals surface area contributed by atoms with E-state index in [9.17, 15) is 24.3 Å². The number of fused-ring (bicyclic) bond motifs is 6. The summed E-state index contributed by atoms with van der Waals surface area (Å²) in [6, 6.07) is 21.9. The number of alkyl halides is 2. The van der Waals surface area contributed by atoms with E-state index in [2.05, 4.69) is 28.5 Å². The molecule has 10 rings (SSSR count). The van der Waals surface area contributed by atoms with Crippen molar-refractivity contribution >= 4 is 52.1 Å². The second-order valence-electron chi connectivity index (χ2n) is 20.0. The van der Waals surface area contributed by atoms with Gasteiger partial charge in [0.15, 0.2) is 0 Å². The van der Waals surface area contributed by atoms with E-state index in [1.165, 1.54) is 33.3 Å². The standard InChI is InChI=1S/C55H61F2N7O8/c1-33(63-45-21-19-37-24-27-62(54(69)71-4)32-44(37)48(45)59-52(63)60-25-9-11-40(30-60)50(65)66)28-35-10-8-14-42(29-35)72-51(67)39-17-15-38(16-18-39)49-58-47-43-31-61(53(68)70-3)26-23-36(43)20-22-46(47)64(49)34(2)55(56,57)41-12-6-5-7-13-41/h5-8,10,12-14,19-22,29,33-34,38-40H,9,11,15-18,23-28,30-32H2,1-4H3,(H,65,66)/t33-,34+,38-,39-,40+/m1/s1. The molecule has 378 valence electrons. The Morgan fingerprint density at radius 2 is 1.36 bits per heavy atom. The van der Waals surface area contributed by atoms with Crippen molar-refractivity contribution < 1.29 is 47.3 Å². The van der Waals surface area contributed by atoms with Crippen molar-refractivity contribution in [3.8, 4) is 5.75 Å². The Labute approximate surface area is 416 Å². The van der Waals surface area contributed by atoms with Gasteiger partial charge in [-0.1, -0.05) is 54.6 Å². The zero-order chi connectivity index (χ0) is 50.4. The van der Waals surface area contributed by atoms with E-state index in [0.717, 1.165) is 38.9 Å². The molecule has 4 aliphatic rings. The number of nitrogens with zero attached hydrogens (tertiary/aromatic N) is 7. The number of carbonyl (C=O) groups is 4. The number of benzene rings is 4. The molecule has 0 bridgehead atoms. The average Bonchev–Trinajstić information content (AvgIpc) is 4.01. The van der Waals surface area contributed by atoms with Gasteiger partial charge in [0, 0.05) is 54.8 Å². The third kappa shape index (κ3) is 9.10. The van der Waals surface area contributed by atoms with Crippen LogP contribution in [-0.4, -0.2) is 98.5 Å². The second-order valence-corrected chi connectivity index (χ2v) is 20.0. The molecule has 72 heavy (non-hydrogen) atoms. The number of imidazole rings is 2. The molecule has 1 saturated carbocycles. The number of piperidine rings is 1. The first-order valence-electron chi connectivity index (χ1n) is 25.2. The lowest BCUT2D eigenvalue weighted by atomic mass is 9.81. The predicted octanol–water partition coefficient (Wildman–Crippen LogP) is 9.97. The first kappa shape index (κ1) is 48.6. The molecule has 0 unspecified atom stereocenters. The van der Waals surface area contributed by atoms with Crippen LogP contribution >= 0.6 is 0 Å². The fourth-order valence-electron chi connectivity index (χ4n) is 11.7. The van der Waals surface area contributed by atoms with E-state index >= 15 is 8.78 Å². The molecule has 2 aromatic heterocycles. The number of hydrogen-bond donors (Lipinski definition) is 1. The Balaban J connectivity index is 0.876. The largest absolute Gasteiger partial charge is 0.481 e. The van der Waals surface area contributed by atoms with Crippen molar-refractivity contribution in [1.29, 1.82) is 0 Å². The number of rotatable bonds is 11. The van der Waals surface area contributed by atoms with Crippen molar-refractivity contribution in [3.63, 3.8) is 0 Å². The van der Waals surface area contributed by atoms with Gasteiger partial charge in [0.05, 0.1) is 61.2 Å². The van der Waals surface area contributed by atoms with Crippen LogP contribution in [0.15, 0.2) is 78.9 Å². The number of amides is 2. The highest BCUT2D eigenvalue weighted by atomic mass is 19.3. The maximum absolute atomic E-state index is 16.6. The molecule has 4 aromatic carbocycles. The highest BCUT2D eigenvalue weighted by Gasteiger charge is 2.43. The van der Waals surface area contributed by atoms with Gasteiger partial charge in [0.2, 0.25) is 5.95 Å². The van der Waals surface area contributed by atoms with Crippen molar-refractivity contribution in [2.45, 2.75) is 109 Å². The molecule has 1 aliphatic carbocycles. The van der Waals surface area contributed by atoms with E-state index in [1.54, 1.807) is 38.6 Å². The molecule has 0 spiro atoms. The van der Waals surface area contributed by atoms with Gasteiger partial charge in [0.25, 0.3) is 5.92 Å². The number of hydrogen-bond acceptors (Lipinski definition) is 10. The minimum absolute atomic E-state index is 0.0914. The lowest BCUT2D eigenvalue weighted by Crippen LogP contribution is -2.40. The fraction of sp³-hybridized carbons (Fsp3) is 0.455. The molecule has 3 atom stereocenters. The SMILES string of the molecule is COC(=O)N1CCc2ccc3c(nc(N4CCC[C@H](C(=O)O)C4)n3[C@H](C)Cc3cccc(OC(=O)[C@H]4CC[C@H](c5nc6c7c(ccc6n5[C@@H](C)C(F)(F)c5ccccc5)CCN(C(=O)OC)C7)CC4)c3)c2C1. The van der Waals surface area contributed by atoms with Crippen LogP contribution < -0.4 is 9.64 Å². The van der Waals surface area contributed by atoms with Crippen molar-refractivity contribution in [3.05, 3.63) is 118 Å². The summed E-state index contributed by atoms with van der Waals surface area (Å²) < 4.78 is 53.2. The summed E-state index contributed by atoms with van der Waals surface area (Å²) in [5, 5.41) is 10.0. The Morgan fingerprint density at radius 3 is 1.99 bits per heavy atom. The van der Waals surface area contributed by atoms with Gasteiger partial charge in [0.1, 0.15) is 17.6 Å². The highest BCUT2D eigenvalue weighted by molar-refractivity contribution is 5.85. The van der Waals surface area contributed by atoms with Crippen molar-refractivity contribution in [2.75, 3.05) is 45.3 Å². The van der Waals surface area contributed by atoms with E-state index < -0.39 is 42.0 Å². The topological polar surface area (TPSA) is 162 Å². The van der Waals surface area contributed by atoms with Gasteiger partial charge >= 0.3 is 24.1 Å². The molecule has 6 aromatic rings. The minimum Gasteiger partial charge on any atom is -0.481 e. The molecule has 2 fully saturated rings. The molecule has 1 N–H and O–H groups in total. The Hall–Kier alpha value is -7.04. The average molecular weight is 986 g/mol. The lowest BCUT2D eigenvalue weighted by molar-refractivity contribution is -0.142. The van der Waals surface area contributed by atoms with Gasteiger partial charge in [-0.3, -0.25) is 9.59 Å². The van der Waals surface area contributed by atoms with Crippen LogP contribution in [0.3, 0.4) is 0 Å². The maximum Gasteiger partial charge on any atom is 0.409 e. The quantitative estimate of drug-likeness (QED) is 0.0972. The summed E-state index contributed by atoms with van der Waals surface area (Å²) in [7, 11) is 2.72. The van der Waals surface area contributed by atoms with Crippen LogP contribution in [0.25, 0.3) is 22.1 Å². The number of methoxy groups -OCH3 is 2. The molecule has 1 saturated heterocycles. The van der Waals surface area contributed by atoms with Crippen LogP contribution in [-0.2, 0) is 57.3 Å². The van der Waals surface area contributed by atoms with E-state index in [1.807, 2.05) is 30.3 Å². The summed E-state index contributed by atoms with van der Waals surface area (Å²) in [6.45, 7) is 6.25. The van der Waals surface area contributed by atoms with Crippen LogP contribution in [0.2, 0.25) is 0 Å². The minimum atomic E-state index is -3.24. The summed E-state index contributed by atoms with van der Waals surface area (Å²) in [4.78, 5) is 67.2. The van der Waals surface area contributed by atoms with E-state index in [-0.39, 0.29) is 30.0 Å². The van der Waals surface area contributed by atoms with Crippen LogP contribution in [0, 0.1) is 11.8 Å². The number of carboxylic acid groups (broad SMARTS) is 1. The highest BCUT2D eigenvalue weighted by Crippen LogP contribution is 2.46. The monoisotopic (exact) mass is 985 g/mol. The normalized spacial score (nSPS) is 20.1. The van der Waals surface area contributed by atoms with Crippen LogP contribution in [0.4, 0.5) is 24.3 Å². The number of halogens is 2. The third-order valence-corrected chi connectivity index (χ3v) is 15.6. The summed E-state index contributed by atoms with van der Waals surface area (Å²) in [5.74, 6) is -3.91. The van der Waals surface area contributed by atoms with Crippen LogP contribution in [0.1, 0.15) is 110 Å². The molecule has 15 nitrogen and oxygen atoms in total. The van der Waals surface area contributed by atoms with Gasteiger partial charge in [-0.2, -0.15) is 8.78 Å². The molecular formula is C55H61F2N7O8. The van der Waals surface area contributed by atoms with Gasteiger partial charge in [-0.05, 0) is 113 Å². The fourth-order valence-corrected chi connectivity index (χ4v) is 11.7. The number of aromatic nitrogens is 4. The van der Waals surface area contributed by atoms with Crippen molar-refractivity contribution in [2.24, 2.45) is 11.8 Å². The zero-order valence-electron chi connectivity index (χ0n) is 41.2. The Bertz CT molecular complexity index is 3040. The number of esters is 1. The van der Waals surface area contributed by atoms with Gasteiger partial charge in [-0.25, -0.2) is 19.6 Å². The number of carboxylic acids is 1. The maximum atomic E-state index is 16.6. The lowest BCUT2D eigenvalue weighted by Gasteiger charge is -2.33. The first-order valence-corrected chi connectivity index (χ1v) is 25.2. The molecule has 2 amide bonds. The summed E-state index contributed by atoms with van der Waals surface area (Å²) >= 11 is 0. The zero-order valence-corrected chi connectivity index (χ0v) is 41.2. The third-order valence-electron chi connectivity index (χ3n) is 15.6. The Morgan fingerprint density at radius 1 is 0.736 bits per heavy atom. The molecular weight excluding hydrogens is 925 g/mol. The molecule has 0 radical (unpaired) electrons. The van der Waals surface area contributed by atoms with Gasteiger partial charge in [-0.15, -0.1) is 0 Å². The number of carbonyl (C=O) groups excluding carboxylic acids is 3. The van der Waals surface area contributed by atoms with Crippen molar-refractivity contribution in [1.82, 2.24) is 28.9 Å². The van der Waals surface area contributed by atoms with E-state index in [0.29, 0.717) is 119 Å². The first-order chi connectivity index (χ1) is 34.7. The number of aliphatic carboxylic acids is 1. The molecule has 5 heterocycles. The predicted molar refractivity (Wildman–Crippen MR) is 265 cm³/mol.